The van der Waals surface area contributed by atoms with Gasteiger partial charge >= 0.3 is 5.97 Å². The second-order valence-electron chi connectivity index (χ2n) is 9.52. The molecule has 6 N–H and O–H groups in total. The molecule has 0 saturated carbocycles. The molecule has 0 amide bonds. The summed E-state index contributed by atoms with van der Waals surface area (Å²) in [4.78, 5) is 17.9. The molecule has 10 heteroatoms. The second kappa shape index (κ2) is 14.7. The van der Waals surface area contributed by atoms with Crippen LogP contribution in [0.4, 0.5) is 4.39 Å². The van der Waals surface area contributed by atoms with Crippen LogP contribution in [0, 0.1) is 5.92 Å². The molecular formula is C28H40FN5O4. The van der Waals surface area contributed by atoms with E-state index in [1.165, 1.54) is 6.20 Å². The van der Waals surface area contributed by atoms with Crippen LogP contribution in [0.1, 0.15) is 39.0 Å². The maximum atomic E-state index is 15.7. The Balaban J connectivity index is 1.79. The summed E-state index contributed by atoms with van der Waals surface area (Å²) >= 11 is 0. The summed E-state index contributed by atoms with van der Waals surface area (Å²) in [7, 11) is 0. The number of aliphatic hydroxyl groups excluding tert-OH is 1. The highest BCUT2D eigenvalue weighted by molar-refractivity contribution is 5.88. The number of aliphatic carboxylic acids is 1. The minimum absolute atomic E-state index is 0.0282. The van der Waals surface area contributed by atoms with Crippen LogP contribution in [0.3, 0.4) is 0 Å². The molecule has 0 radical (unpaired) electrons. The zero-order valence-corrected chi connectivity index (χ0v) is 22.0. The maximum absolute atomic E-state index is 15.7. The molecule has 2 bridgehead atoms. The van der Waals surface area contributed by atoms with Gasteiger partial charge in [-0.15, -0.1) is 0 Å². The number of nitrogens with zero attached hydrogens (tertiary/aromatic N) is 2. The average molecular weight is 530 g/mol. The van der Waals surface area contributed by atoms with Crippen molar-refractivity contribution in [2.75, 3.05) is 26.3 Å². The molecule has 0 aromatic rings. The highest BCUT2D eigenvalue weighted by Crippen LogP contribution is 2.36. The molecule has 0 saturated heterocycles. The molecule has 3 aliphatic rings. The number of nitrogens with one attached hydrogen (secondary N) is 2. The summed E-state index contributed by atoms with van der Waals surface area (Å²) in [5.41, 5.74) is 6.64. The standard InChI is InChI=1S/C28H40FN5O4/c1-3-4-5-6-7-8-11-20-17-38-18-22(31-14-15-33-23-12-9-10-13-32-23)25(29)26(30)24-19(2)34(20)16-21(27(24)35)28(36)37/h3-6,10,13,16,20,24,26-27,31,35H,2,7-9,11-12,14-15,17-18,30H2,1H3,(H,32,33)(H,36,37)/b4-3-,6-5-,25-22-/t20-,24?,26?,27?/m0/s1. The predicted molar refractivity (Wildman–Crippen MR) is 147 cm³/mol. The lowest BCUT2D eigenvalue weighted by atomic mass is 9.82. The van der Waals surface area contributed by atoms with Crippen LogP contribution >= 0.6 is 0 Å². The van der Waals surface area contributed by atoms with Gasteiger partial charge in [0.1, 0.15) is 11.7 Å². The molecule has 3 unspecified atom stereocenters. The maximum Gasteiger partial charge on any atom is 0.335 e. The normalized spacial score (nSPS) is 28.4. The molecule has 0 fully saturated rings. The zero-order valence-electron chi connectivity index (χ0n) is 22.0. The number of carboxylic acid groups (broad SMARTS) is 1. The number of unbranched alkanes of at least 4 members (excludes halogenated alkanes) is 1. The molecule has 0 spiro atoms. The van der Waals surface area contributed by atoms with Gasteiger partial charge in [0.25, 0.3) is 0 Å². The Kier molecular flexibility index (Phi) is 11.3. The van der Waals surface area contributed by atoms with Crippen LogP contribution in [0.2, 0.25) is 0 Å². The first-order chi connectivity index (χ1) is 18.3. The third-order valence-electron chi connectivity index (χ3n) is 6.84. The molecule has 3 aliphatic heterocycles. The van der Waals surface area contributed by atoms with Crippen molar-refractivity contribution in [1.29, 1.82) is 0 Å². The third-order valence-corrected chi connectivity index (χ3v) is 6.84. The van der Waals surface area contributed by atoms with Gasteiger partial charge in [-0.2, -0.15) is 0 Å². The predicted octanol–water partition coefficient (Wildman–Crippen LogP) is 2.86. The smallest absolute Gasteiger partial charge is 0.335 e. The van der Waals surface area contributed by atoms with E-state index in [-0.39, 0.29) is 30.5 Å². The quantitative estimate of drug-likeness (QED) is 0.216. The first kappa shape index (κ1) is 29.3. The Morgan fingerprint density at radius 1 is 1.37 bits per heavy atom. The highest BCUT2D eigenvalue weighted by atomic mass is 19.1. The molecule has 3 rings (SSSR count). The van der Waals surface area contributed by atoms with Crippen LogP contribution in [0.25, 0.3) is 0 Å². The van der Waals surface area contributed by atoms with E-state index in [1.54, 1.807) is 11.1 Å². The Bertz CT molecular complexity index is 1030. The number of aliphatic hydroxyl groups is 1. The summed E-state index contributed by atoms with van der Waals surface area (Å²) in [6, 6.07) is -1.56. The Morgan fingerprint density at radius 3 is 2.87 bits per heavy atom. The summed E-state index contributed by atoms with van der Waals surface area (Å²) < 4.78 is 21.6. The molecule has 9 nitrogen and oxygen atoms in total. The molecule has 4 atom stereocenters. The van der Waals surface area contributed by atoms with E-state index in [2.05, 4.69) is 28.3 Å². The molecular weight excluding hydrogens is 489 g/mol. The lowest BCUT2D eigenvalue weighted by molar-refractivity contribution is -0.134. The van der Waals surface area contributed by atoms with E-state index in [0.717, 1.165) is 31.5 Å². The van der Waals surface area contributed by atoms with Gasteiger partial charge in [0.15, 0.2) is 0 Å². The van der Waals surface area contributed by atoms with Crippen molar-refractivity contribution < 1.29 is 24.1 Å². The first-order valence-electron chi connectivity index (χ1n) is 13.1. The third kappa shape index (κ3) is 7.66. The van der Waals surface area contributed by atoms with Gasteiger partial charge in [0, 0.05) is 37.6 Å². The van der Waals surface area contributed by atoms with Crippen LogP contribution in [-0.4, -0.2) is 71.4 Å². The van der Waals surface area contributed by atoms with Gasteiger partial charge in [0.2, 0.25) is 0 Å². The van der Waals surface area contributed by atoms with E-state index >= 15 is 4.39 Å². The number of allylic oxidation sites excluding steroid dienone is 5. The Hall–Kier alpha value is -3.21. The zero-order chi connectivity index (χ0) is 27.5. The number of carbonyl (C=O) groups is 1. The average Bonchev–Trinajstić information content (AvgIpc) is 2.90. The lowest BCUT2D eigenvalue weighted by Gasteiger charge is -2.43. The number of ether oxygens (including phenoxy) is 1. The molecule has 3 heterocycles. The fraction of sp³-hybridized carbons (Fsp3) is 0.500. The van der Waals surface area contributed by atoms with Gasteiger partial charge in [-0.25, -0.2) is 14.2 Å². The van der Waals surface area contributed by atoms with Gasteiger partial charge in [0.05, 0.1) is 48.6 Å². The monoisotopic (exact) mass is 529 g/mol. The number of rotatable bonds is 10. The van der Waals surface area contributed by atoms with E-state index < -0.39 is 29.9 Å². The summed E-state index contributed by atoms with van der Waals surface area (Å²) in [6.07, 6.45) is 15.7. The topological polar surface area (TPSA) is 132 Å². The van der Waals surface area contributed by atoms with Crippen LogP contribution in [0.5, 0.6) is 0 Å². The number of hydrogen-bond donors (Lipinski definition) is 5. The van der Waals surface area contributed by atoms with Crippen LogP contribution in [-0.2, 0) is 9.53 Å². The van der Waals surface area contributed by atoms with Gasteiger partial charge < -0.3 is 36.2 Å². The molecule has 208 valence electrons. The van der Waals surface area contributed by atoms with E-state index in [4.69, 9.17) is 10.5 Å². The number of carboxylic acids is 1. The highest BCUT2D eigenvalue weighted by Gasteiger charge is 2.43. The summed E-state index contributed by atoms with van der Waals surface area (Å²) in [5, 5.41) is 27.0. The molecule has 0 aromatic heterocycles. The second-order valence-corrected chi connectivity index (χ2v) is 9.52. The SMILES string of the molecule is C=C1C2C(O)C(C(=O)O)=CN1[C@@H](CCC/C=C\C=C/C)COC/C(NCCNC1=NC=CCC1)=C(/F)C2N. The van der Waals surface area contributed by atoms with Crippen molar-refractivity contribution in [1.82, 2.24) is 15.5 Å². The van der Waals surface area contributed by atoms with Crippen LogP contribution in [0.15, 0.2) is 77.1 Å². The summed E-state index contributed by atoms with van der Waals surface area (Å²) in [5.74, 6) is -2.14. The number of amidine groups is 1. The first-order valence-corrected chi connectivity index (χ1v) is 13.1. The number of halogens is 1. The molecule has 0 aliphatic carbocycles. The van der Waals surface area contributed by atoms with Gasteiger partial charge in [-0.05, 0) is 32.6 Å². The number of hydrogen-bond acceptors (Lipinski definition) is 8. The van der Waals surface area contributed by atoms with Crippen molar-refractivity contribution in [2.24, 2.45) is 16.6 Å². The Labute approximate surface area is 224 Å². The van der Waals surface area contributed by atoms with E-state index in [1.807, 2.05) is 31.2 Å². The molecule has 0 aromatic carbocycles. The van der Waals surface area contributed by atoms with Gasteiger partial charge in [-0.1, -0.05) is 37.0 Å². The Morgan fingerprint density at radius 2 is 2.16 bits per heavy atom. The number of fused-ring (bicyclic) bond motifs is 2. The van der Waals surface area contributed by atoms with Crippen molar-refractivity contribution in [3.63, 3.8) is 0 Å². The van der Waals surface area contributed by atoms with Crippen molar-refractivity contribution in [2.45, 2.75) is 57.2 Å². The number of aliphatic imine (C=N–C) groups is 1. The minimum Gasteiger partial charge on any atom is -0.478 e. The van der Waals surface area contributed by atoms with Crippen molar-refractivity contribution >= 4 is 11.8 Å². The van der Waals surface area contributed by atoms with Crippen LogP contribution < -0.4 is 16.4 Å². The fourth-order valence-corrected chi connectivity index (χ4v) is 4.76. The minimum atomic E-state index is -1.50. The lowest BCUT2D eigenvalue weighted by Crippen LogP contribution is -2.52. The summed E-state index contributed by atoms with van der Waals surface area (Å²) in [6.45, 7) is 7.15. The van der Waals surface area contributed by atoms with Gasteiger partial charge in [-0.3, -0.25) is 0 Å². The fourth-order valence-electron chi connectivity index (χ4n) is 4.76. The van der Waals surface area contributed by atoms with E-state index in [0.29, 0.717) is 25.2 Å². The van der Waals surface area contributed by atoms with E-state index in [9.17, 15) is 15.0 Å². The van der Waals surface area contributed by atoms with Crippen molar-refractivity contribution in [3.8, 4) is 0 Å². The number of nitrogens with two attached hydrogens (primary N) is 1. The molecule has 38 heavy (non-hydrogen) atoms. The largest absolute Gasteiger partial charge is 0.478 e. The van der Waals surface area contributed by atoms with Crippen molar-refractivity contribution in [3.05, 3.63) is 72.2 Å².